The largest absolute Gasteiger partial charge is 4.00 e. The van der Waals surface area contributed by atoms with Crippen LogP contribution in [0.5, 0.6) is 0 Å². The molecule has 6 aromatic rings. The molecule has 0 aliphatic rings. The maximum Gasteiger partial charge on any atom is 4.00 e. The summed E-state index contributed by atoms with van der Waals surface area (Å²) in [5, 5.41) is 0. The molecule has 0 fully saturated rings. The Hall–Kier alpha value is -3.87. The number of hydrogen-bond acceptors (Lipinski definition) is 0. The number of hydrogen-bond donors (Lipinski definition) is 0. The standard InChI is InChI=1S/2C14H14F2N.2C5H5.Ti/c2*1-8-9(2)11(4)17(10(8)3)14-6-5-12(15)7-13(14)16;2*1-2-4-5-3-1;/h2*5-6H,1-4H3;2*1-5H;/q4*-1;+4. The van der Waals surface area contributed by atoms with Crippen molar-refractivity contribution in [3.63, 3.8) is 0 Å². The normalized spacial score (nSPS) is 10.0. The summed E-state index contributed by atoms with van der Waals surface area (Å²) in [5.41, 5.74) is 9.10. The summed E-state index contributed by atoms with van der Waals surface area (Å²) in [4.78, 5) is 0. The van der Waals surface area contributed by atoms with Crippen LogP contribution in [0.1, 0.15) is 45.0 Å². The first-order valence-corrected chi connectivity index (χ1v) is 14.3. The molecule has 0 bridgehead atoms. The molecule has 0 aliphatic carbocycles. The monoisotopic (exact) mass is 646 g/mol. The molecule has 0 spiro atoms. The maximum atomic E-state index is 13.7. The van der Waals surface area contributed by atoms with Crippen molar-refractivity contribution in [2.45, 2.75) is 55.4 Å². The second-order valence-electron chi connectivity index (χ2n) is 10.4. The molecule has 45 heavy (non-hydrogen) atoms. The van der Waals surface area contributed by atoms with Gasteiger partial charge >= 0.3 is 21.7 Å². The molecule has 0 atom stereocenters. The summed E-state index contributed by atoms with van der Waals surface area (Å²) in [7, 11) is 0. The van der Waals surface area contributed by atoms with Crippen LogP contribution in [0.3, 0.4) is 0 Å². The third-order valence-corrected chi connectivity index (χ3v) is 7.91. The predicted molar refractivity (Wildman–Crippen MR) is 171 cm³/mol. The molecule has 0 radical (unpaired) electrons. The van der Waals surface area contributed by atoms with Crippen LogP contribution >= 0.6 is 0 Å². The fourth-order valence-electron chi connectivity index (χ4n) is 4.84. The minimum atomic E-state index is -0.679. The number of nitrogens with zero attached hydrogens (tertiary/aromatic N) is 2. The second-order valence-corrected chi connectivity index (χ2v) is 10.4. The van der Waals surface area contributed by atoms with E-state index in [9.17, 15) is 17.6 Å². The summed E-state index contributed by atoms with van der Waals surface area (Å²) < 4.78 is 56.7. The van der Waals surface area contributed by atoms with Crippen LogP contribution in [0.15, 0.2) is 84.9 Å². The van der Waals surface area contributed by atoms with E-state index in [2.05, 4.69) is 12.1 Å². The van der Waals surface area contributed by atoms with Gasteiger partial charge in [0.05, 0.1) is 0 Å². The van der Waals surface area contributed by atoms with E-state index in [0.29, 0.717) is 11.4 Å². The summed E-state index contributed by atoms with van der Waals surface area (Å²) in [6, 6.07) is 29.5. The second kappa shape index (κ2) is 17.0. The number of rotatable bonds is 2. The molecule has 0 amide bonds. The zero-order chi connectivity index (χ0) is 32.6. The molecule has 0 N–H and O–H groups in total. The maximum absolute atomic E-state index is 13.7. The summed E-state index contributed by atoms with van der Waals surface area (Å²) in [6.07, 6.45) is 0. The van der Waals surface area contributed by atoms with Crippen molar-refractivity contribution in [1.82, 2.24) is 9.13 Å². The van der Waals surface area contributed by atoms with Crippen LogP contribution in [0.4, 0.5) is 17.6 Å². The van der Waals surface area contributed by atoms with E-state index in [1.165, 1.54) is 24.3 Å². The van der Waals surface area contributed by atoms with Crippen molar-refractivity contribution in [2.75, 3.05) is 0 Å². The number of aromatic nitrogens is 2. The van der Waals surface area contributed by atoms with Gasteiger partial charge in [-0.05, 0) is 89.0 Å². The van der Waals surface area contributed by atoms with E-state index >= 15 is 0 Å². The van der Waals surface area contributed by atoms with Crippen LogP contribution < -0.4 is 0 Å². The average molecular weight is 647 g/mol. The van der Waals surface area contributed by atoms with Crippen molar-refractivity contribution >= 4 is 0 Å². The SMILES string of the molecule is Cc1c(C)c(C)n(-c2ccc(F)[c-]c2F)c1C.Cc1c(C)c(C)n(-c2ccc(F)[c-]c2F)c1C.[Ti+4].c1cc[cH-]c1.c1cc[cH-]c1. The number of benzene rings is 2. The predicted octanol–water partition coefficient (Wildman–Crippen LogP) is 10.4. The van der Waals surface area contributed by atoms with Gasteiger partial charge in [0.1, 0.15) is 0 Å². The van der Waals surface area contributed by atoms with E-state index in [1.807, 2.05) is 116 Å². The Kier molecular flexibility index (Phi) is 14.1. The third-order valence-electron chi connectivity index (χ3n) is 7.91. The van der Waals surface area contributed by atoms with Gasteiger partial charge in [-0.15, -0.1) is 36.4 Å². The molecular weight excluding hydrogens is 608 g/mol. The van der Waals surface area contributed by atoms with Gasteiger partial charge in [0, 0.05) is 46.0 Å². The Morgan fingerprint density at radius 1 is 0.467 bits per heavy atom. The smallest absolute Gasteiger partial charge is 0.369 e. The molecule has 0 saturated heterocycles. The van der Waals surface area contributed by atoms with Crippen LogP contribution in [-0.2, 0) is 21.7 Å². The van der Waals surface area contributed by atoms with Gasteiger partial charge in [0.2, 0.25) is 0 Å². The van der Waals surface area contributed by atoms with Crippen molar-refractivity contribution in [2.24, 2.45) is 0 Å². The van der Waals surface area contributed by atoms with Gasteiger partial charge in [-0.1, -0.05) is 0 Å². The van der Waals surface area contributed by atoms with Gasteiger partial charge in [0.25, 0.3) is 0 Å². The zero-order valence-electron chi connectivity index (χ0n) is 27.0. The van der Waals surface area contributed by atoms with Gasteiger partial charge < -0.3 is 9.13 Å². The Bertz CT molecular complexity index is 1560. The Labute approximate surface area is 279 Å². The Morgan fingerprint density at radius 2 is 0.733 bits per heavy atom. The van der Waals surface area contributed by atoms with Gasteiger partial charge in [-0.3, -0.25) is 0 Å². The zero-order valence-corrected chi connectivity index (χ0v) is 28.6. The van der Waals surface area contributed by atoms with E-state index in [4.69, 9.17) is 0 Å². The first kappa shape index (κ1) is 37.3. The summed E-state index contributed by atoms with van der Waals surface area (Å²) >= 11 is 0. The van der Waals surface area contributed by atoms with E-state index in [-0.39, 0.29) is 21.7 Å². The van der Waals surface area contributed by atoms with Crippen LogP contribution in [-0.4, -0.2) is 9.13 Å². The summed E-state index contributed by atoms with van der Waals surface area (Å²) in [5.74, 6) is -2.68. The minimum Gasteiger partial charge on any atom is -0.369 e. The molecule has 2 nitrogen and oxygen atoms in total. The molecule has 0 aliphatic heterocycles. The van der Waals surface area contributed by atoms with E-state index in [0.717, 1.165) is 45.0 Å². The molecule has 0 unspecified atom stereocenters. The Morgan fingerprint density at radius 3 is 0.933 bits per heavy atom. The van der Waals surface area contributed by atoms with Crippen molar-refractivity contribution in [3.8, 4) is 11.4 Å². The third kappa shape index (κ3) is 9.09. The average Bonchev–Trinajstić information content (AvgIpc) is 3.82. The number of halogens is 4. The van der Waals surface area contributed by atoms with Crippen molar-refractivity contribution < 1.29 is 39.3 Å². The summed E-state index contributed by atoms with van der Waals surface area (Å²) in [6.45, 7) is 15.7. The Balaban J connectivity index is 0.000000235. The molecule has 2 heterocycles. The molecule has 232 valence electrons. The van der Waals surface area contributed by atoms with E-state index in [1.54, 1.807) is 9.13 Å². The molecule has 2 aromatic heterocycles. The molecule has 4 aromatic carbocycles. The molecular formula is C38H38F4N2Ti. The van der Waals surface area contributed by atoms with Gasteiger partial charge in [-0.2, -0.15) is 36.4 Å². The molecule has 6 rings (SSSR count). The minimum absolute atomic E-state index is 0. The van der Waals surface area contributed by atoms with Crippen LogP contribution in [0, 0.1) is 90.8 Å². The molecule has 7 heteroatoms. The first-order valence-electron chi connectivity index (χ1n) is 14.3. The quantitative estimate of drug-likeness (QED) is 0.101. The first-order chi connectivity index (χ1) is 20.9. The van der Waals surface area contributed by atoms with Crippen molar-refractivity contribution in [1.29, 1.82) is 0 Å². The molecule has 0 saturated carbocycles. The van der Waals surface area contributed by atoms with E-state index < -0.39 is 23.3 Å². The van der Waals surface area contributed by atoms with Gasteiger partial charge in [0.15, 0.2) is 0 Å². The van der Waals surface area contributed by atoms with Crippen molar-refractivity contribution in [3.05, 3.63) is 165 Å². The van der Waals surface area contributed by atoms with Gasteiger partial charge in [-0.25, -0.2) is 41.8 Å². The van der Waals surface area contributed by atoms with Crippen LogP contribution in [0.2, 0.25) is 0 Å². The fraction of sp³-hybridized carbons (Fsp3) is 0.211. The fourth-order valence-corrected chi connectivity index (χ4v) is 4.84. The topological polar surface area (TPSA) is 9.86 Å². The van der Waals surface area contributed by atoms with Crippen LogP contribution in [0.25, 0.3) is 11.4 Å².